The maximum Gasteiger partial charge on any atom is 0.343 e. The van der Waals surface area contributed by atoms with Crippen molar-refractivity contribution in [3.8, 4) is 22.6 Å². The molecule has 1 fully saturated rings. The van der Waals surface area contributed by atoms with Crippen molar-refractivity contribution in [3.63, 3.8) is 0 Å². The highest BCUT2D eigenvalue weighted by Gasteiger charge is 2.25. The van der Waals surface area contributed by atoms with Crippen LogP contribution in [0.2, 0.25) is 0 Å². The standard InChI is InChI=1S/C32H35F3O3/c1-3-4-5-6-19-37-29-18-13-24(20-28(29)33)32(36)38-25-14-11-23(12-15-25)27-17-16-26(30(34)31(27)35)22-9-7-21(2)8-10-22/h11-18,20-22H,3-10,19H2,1-2H3. The van der Waals surface area contributed by atoms with Crippen molar-refractivity contribution in [3.05, 3.63) is 83.2 Å². The van der Waals surface area contributed by atoms with E-state index in [1.54, 1.807) is 24.3 Å². The zero-order valence-electron chi connectivity index (χ0n) is 22.1. The minimum absolute atomic E-state index is 0.0470. The third kappa shape index (κ3) is 6.77. The monoisotopic (exact) mass is 524 g/mol. The molecule has 38 heavy (non-hydrogen) atoms. The molecule has 0 unspecified atom stereocenters. The Balaban J connectivity index is 1.38. The number of unbranched alkanes of at least 4 members (excludes halogenated alkanes) is 3. The third-order valence-electron chi connectivity index (χ3n) is 7.37. The first-order valence-electron chi connectivity index (χ1n) is 13.6. The summed E-state index contributed by atoms with van der Waals surface area (Å²) in [5.41, 5.74) is 1.12. The minimum atomic E-state index is -0.867. The van der Waals surface area contributed by atoms with Crippen LogP contribution in [0.1, 0.15) is 87.1 Å². The van der Waals surface area contributed by atoms with Crippen LogP contribution in [0.25, 0.3) is 11.1 Å². The molecular formula is C32H35F3O3. The van der Waals surface area contributed by atoms with Gasteiger partial charge in [0.2, 0.25) is 0 Å². The molecule has 0 aliphatic heterocycles. The average Bonchev–Trinajstić information content (AvgIpc) is 2.92. The average molecular weight is 525 g/mol. The quantitative estimate of drug-likeness (QED) is 0.151. The lowest BCUT2D eigenvalue weighted by atomic mass is 9.79. The number of benzene rings is 3. The third-order valence-corrected chi connectivity index (χ3v) is 7.37. The Bertz CT molecular complexity index is 1230. The lowest BCUT2D eigenvalue weighted by Gasteiger charge is -2.27. The molecule has 0 bridgehead atoms. The van der Waals surface area contributed by atoms with Gasteiger partial charge < -0.3 is 9.47 Å². The highest BCUT2D eigenvalue weighted by Crippen LogP contribution is 2.39. The van der Waals surface area contributed by atoms with Gasteiger partial charge in [-0.2, -0.15) is 0 Å². The maximum atomic E-state index is 15.0. The molecular weight excluding hydrogens is 489 g/mol. The van der Waals surface area contributed by atoms with E-state index in [4.69, 9.17) is 9.47 Å². The van der Waals surface area contributed by atoms with Gasteiger partial charge in [-0.15, -0.1) is 0 Å². The molecule has 0 saturated heterocycles. The zero-order valence-corrected chi connectivity index (χ0v) is 22.1. The Morgan fingerprint density at radius 2 is 1.61 bits per heavy atom. The van der Waals surface area contributed by atoms with E-state index in [0.29, 0.717) is 23.7 Å². The molecule has 3 nitrogen and oxygen atoms in total. The van der Waals surface area contributed by atoms with Crippen LogP contribution in [0.4, 0.5) is 13.2 Å². The van der Waals surface area contributed by atoms with Crippen molar-refractivity contribution < 1.29 is 27.4 Å². The number of esters is 1. The minimum Gasteiger partial charge on any atom is -0.491 e. The zero-order chi connectivity index (χ0) is 27.1. The van der Waals surface area contributed by atoms with E-state index in [9.17, 15) is 13.6 Å². The molecule has 0 N–H and O–H groups in total. The first-order chi connectivity index (χ1) is 18.4. The van der Waals surface area contributed by atoms with E-state index >= 15 is 4.39 Å². The Labute approximate surface area is 223 Å². The van der Waals surface area contributed by atoms with E-state index in [1.165, 1.54) is 24.3 Å². The fourth-order valence-electron chi connectivity index (χ4n) is 5.00. The van der Waals surface area contributed by atoms with E-state index in [1.807, 2.05) is 0 Å². The van der Waals surface area contributed by atoms with E-state index in [2.05, 4.69) is 13.8 Å². The summed E-state index contributed by atoms with van der Waals surface area (Å²) in [6, 6.07) is 13.4. The first kappa shape index (κ1) is 27.7. The fraction of sp³-hybridized carbons (Fsp3) is 0.406. The first-order valence-corrected chi connectivity index (χ1v) is 13.6. The maximum absolute atomic E-state index is 15.0. The molecule has 3 aromatic rings. The molecule has 3 aromatic carbocycles. The smallest absolute Gasteiger partial charge is 0.343 e. The van der Waals surface area contributed by atoms with Gasteiger partial charge in [-0.1, -0.05) is 70.2 Å². The number of hydrogen-bond donors (Lipinski definition) is 0. The van der Waals surface area contributed by atoms with Gasteiger partial charge in [0.15, 0.2) is 23.2 Å². The fourth-order valence-corrected chi connectivity index (χ4v) is 5.00. The van der Waals surface area contributed by atoms with Gasteiger partial charge in [0.05, 0.1) is 12.2 Å². The molecule has 0 heterocycles. The summed E-state index contributed by atoms with van der Waals surface area (Å²) in [7, 11) is 0. The molecule has 1 aliphatic carbocycles. The predicted molar refractivity (Wildman–Crippen MR) is 143 cm³/mol. The summed E-state index contributed by atoms with van der Waals surface area (Å²) in [5, 5.41) is 0. The second-order valence-corrected chi connectivity index (χ2v) is 10.3. The van der Waals surface area contributed by atoms with Crippen molar-refractivity contribution in [2.45, 2.75) is 71.1 Å². The molecule has 4 rings (SSSR count). The van der Waals surface area contributed by atoms with Crippen LogP contribution in [0.3, 0.4) is 0 Å². The summed E-state index contributed by atoms with van der Waals surface area (Å²) in [6.07, 6.45) is 7.87. The van der Waals surface area contributed by atoms with Gasteiger partial charge in [-0.3, -0.25) is 0 Å². The molecule has 6 heteroatoms. The molecule has 0 atom stereocenters. The molecule has 202 valence electrons. The second-order valence-electron chi connectivity index (χ2n) is 10.3. The lowest BCUT2D eigenvalue weighted by molar-refractivity contribution is 0.0734. The second kappa shape index (κ2) is 13.0. The number of halogens is 3. The Hall–Kier alpha value is -3.28. The number of carbonyl (C=O) groups is 1. The van der Waals surface area contributed by atoms with Gasteiger partial charge in [0.1, 0.15) is 5.75 Å². The Morgan fingerprint density at radius 3 is 2.29 bits per heavy atom. The normalized spacial score (nSPS) is 17.3. The van der Waals surface area contributed by atoms with Crippen LogP contribution < -0.4 is 9.47 Å². The molecule has 1 saturated carbocycles. The van der Waals surface area contributed by atoms with Crippen LogP contribution in [-0.2, 0) is 0 Å². The summed E-state index contributed by atoms with van der Waals surface area (Å²) >= 11 is 0. The van der Waals surface area contributed by atoms with Crippen molar-refractivity contribution in [1.29, 1.82) is 0 Å². The van der Waals surface area contributed by atoms with Crippen molar-refractivity contribution in [2.24, 2.45) is 5.92 Å². The molecule has 0 spiro atoms. The SMILES string of the molecule is CCCCCCOc1ccc(C(=O)Oc2ccc(-c3ccc(C4CCC(C)CC4)c(F)c3F)cc2)cc1F. The van der Waals surface area contributed by atoms with E-state index in [-0.39, 0.29) is 28.5 Å². The highest BCUT2D eigenvalue weighted by atomic mass is 19.2. The van der Waals surface area contributed by atoms with Gasteiger partial charge in [0.25, 0.3) is 0 Å². The van der Waals surface area contributed by atoms with Crippen molar-refractivity contribution in [2.75, 3.05) is 6.61 Å². The van der Waals surface area contributed by atoms with Crippen LogP contribution in [0.15, 0.2) is 54.6 Å². The van der Waals surface area contributed by atoms with Crippen molar-refractivity contribution >= 4 is 5.97 Å². The molecule has 0 radical (unpaired) electrons. The lowest BCUT2D eigenvalue weighted by Crippen LogP contribution is -2.13. The summed E-state index contributed by atoms with van der Waals surface area (Å²) < 4.78 is 55.2. The number of hydrogen-bond acceptors (Lipinski definition) is 3. The predicted octanol–water partition coefficient (Wildman–Crippen LogP) is 9.24. The van der Waals surface area contributed by atoms with E-state index in [0.717, 1.165) is 57.4 Å². The van der Waals surface area contributed by atoms with Gasteiger partial charge in [-0.25, -0.2) is 18.0 Å². The van der Waals surface area contributed by atoms with Crippen LogP contribution >= 0.6 is 0 Å². The highest BCUT2D eigenvalue weighted by molar-refractivity contribution is 5.91. The van der Waals surface area contributed by atoms with Crippen LogP contribution in [0.5, 0.6) is 11.5 Å². The number of rotatable bonds is 10. The molecule has 0 amide bonds. The van der Waals surface area contributed by atoms with Gasteiger partial charge >= 0.3 is 5.97 Å². The summed E-state index contributed by atoms with van der Waals surface area (Å²) in [4.78, 5) is 12.5. The number of carbonyl (C=O) groups excluding carboxylic acids is 1. The van der Waals surface area contributed by atoms with Gasteiger partial charge in [0, 0.05) is 5.56 Å². The molecule has 1 aliphatic rings. The van der Waals surface area contributed by atoms with Crippen molar-refractivity contribution in [1.82, 2.24) is 0 Å². The Morgan fingerprint density at radius 1 is 0.868 bits per heavy atom. The van der Waals surface area contributed by atoms with Gasteiger partial charge in [-0.05, 0) is 72.6 Å². The van der Waals surface area contributed by atoms with Crippen LogP contribution in [-0.4, -0.2) is 12.6 Å². The number of ether oxygens (including phenoxy) is 2. The largest absolute Gasteiger partial charge is 0.491 e. The topological polar surface area (TPSA) is 35.5 Å². The Kier molecular flexibility index (Phi) is 9.48. The van der Waals surface area contributed by atoms with Crippen LogP contribution in [0, 0.1) is 23.4 Å². The molecule has 0 aromatic heterocycles. The summed E-state index contributed by atoms with van der Waals surface area (Å²) in [6.45, 7) is 4.72. The summed E-state index contributed by atoms with van der Waals surface area (Å²) in [5.74, 6) is -2.02. The van der Waals surface area contributed by atoms with E-state index < -0.39 is 23.4 Å².